The molecule has 7 nitrogen and oxygen atoms in total. The van der Waals surface area contributed by atoms with E-state index in [0.29, 0.717) is 34.7 Å². The van der Waals surface area contributed by atoms with Crippen LogP contribution in [0.2, 0.25) is 5.02 Å². The molecule has 1 aliphatic rings. The van der Waals surface area contributed by atoms with Crippen LogP contribution in [0.4, 0.5) is 10.5 Å². The van der Waals surface area contributed by atoms with Gasteiger partial charge >= 0.3 is 6.09 Å². The molecule has 2 aromatic rings. The normalized spacial score (nSPS) is 15.5. The van der Waals surface area contributed by atoms with E-state index >= 15 is 0 Å². The minimum atomic E-state index is -0.788. The molecule has 0 N–H and O–H groups in total. The van der Waals surface area contributed by atoms with E-state index < -0.39 is 17.9 Å². The number of anilines is 1. The molecule has 162 valence electrons. The van der Waals surface area contributed by atoms with E-state index in [2.05, 4.69) is 0 Å². The third kappa shape index (κ3) is 4.77. The highest BCUT2D eigenvalue weighted by atomic mass is 35.5. The number of allylic oxidation sites excluding steroid dienone is 1. The van der Waals surface area contributed by atoms with Gasteiger partial charge in [-0.1, -0.05) is 60.9 Å². The van der Waals surface area contributed by atoms with Gasteiger partial charge in [-0.2, -0.15) is 0 Å². The largest absolute Gasteiger partial charge is 0.452 e. The molecule has 0 unspecified atom stereocenters. The number of carbonyl (C=O) groups excluding carboxylic acids is 2. The molecule has 0 bridgehead atoms. The topological polar surface area (TPSA) is 89.8 Å². The minimum absolute atomic E-state index is 0.262. The van der Waals surface area contributed by atoms with Crippen LogP contribution in [0, 0.1) is 10.1 Å². The Morgan fingerprint density at radius 2 is 1.94 bits per heavy atom. The van der Waals surface area contributed by atoms with Gasteiger partial charge in [0.2, 0.25) is 6.54 Å². The number of nitro groups is 1. The minimum Gasteiger partial charge on any atom is -0.452 e. The van der Waals surface area contributed by atoms with Gasteiger partial charge in [0.15, 0.2) is 0 Å². The number of hydrogen-bond acceptors (Lipinski definition) is 5. The van der Waals surface area contributed by atoms with Crippen LogP contribution in [0.1, 0.15) is 43.2 Å². The van der Waals surface area contributed by atoms with Gasteiger partial charge in [-0.25, -0.2) is 9.69 Å². The number of amides is 2. The first-order valence-electron chi connectivity index (χ1n) is 9.98. The van der Waals surface area contributed by atoms with E-state index in [1.54, 1.807) is 18.2 Å². The average molecular weight is 443 g/mol. The van der Waals surface area contributed by atoms with Crippen LogP contribution >= 0.6 is 11.6 Å². The lowest BCUT2D eigenvalue weighted by molar-refractivity contribution is -0.483. The van der Waals surface area contributed by atoms with E-state index in [0.717, 1.165) is 22.5 Å². The maximum Gasteiger partial charge on any atom is 0.421 e. The van der Waals surface area contributed by atoms with Crippen molar-refractivity contribution in [1.82, 2.24) is 0 Å². The Morgan fingerprint density at radius 3 is 2.55 bits per heavy atom. The molecule has 31 heavy (non-hydrogen) atoms. The Balaban J connectivity index is 2.14. The quantitative estimate of drug-likeness (QED) is 0.322. The molecular formula is C23H23ClN2O5. The molecule has 0 spiro atoms. The van der Waals surface area contributed by atoms with Gasteiger partial charge in [-0.05, 0) is 36.6 Å². The number of rotatable bonds is 7. The second kappa shape index (κ2) is 9.75. The van der Waals surface area contributed by atoms with Crippen LogP contribution < -0.4 is 4.90 Å². The molecule has 0 aromatic heterocycles. The fraction of sp³-hybridized carbons (Fsp3) is 0.304. The summed E-state index contributed by atoms with van der Waals surface area (Å²) in [5.74, 6) is -0.909. The maximum absolute atomic E-state index is 13.3. The molecule has 8 heteroatoms. The predicted molar refractivity (Wildman–Crippen MR) is 119 cm³/mol. The number of imide groups is 1. The van der Waals surface area contributed by atoms with Crippen molar-refractivity contribution < 1.29 is 19.2 Å². The standard InChI is InChI=1S/C23H23ClN2O5/c1-3-7-16(12-17(14-25(29)30)15-8-5-4-6-9-15)21-19-13-18(24)10-11-20(19)26(22(21)27)23(28)31-2/h4-6,8-11,13,17H,3,7,12,14H2,1-2H3/b21-16-/t17-/m0/s1. The lowest BCUT2D eigenvalue weighted by Crippen LogP contribution is -2.33. The lowest BCUT2D eigenvalue weighted by atomic mass is 9.86. The highest BCUT2D eigenvalue weighted by Gasteiger charge is 2.39. The van der Waals surface area contributed by atoms with Crippen molar-refractivity contribution in [3.05, 3.63) is 80.4 Å². The first-order valence-corrected chi connectivity index (χ1v) is 10.4. The monoisotopic (exact) mass is 442 g/mol. The molecule has 0 saturated carbocycles. The smallest absolute Gasteiger partial charge is 0.421 e. The molecule has 1 atom stereocenters. The molecule has 3 rings (SSSR count). The number of benzene rings is 2. The number of nitrogens with zero attached hydrogens (tertiary/aromatic N) is 2. The maximum atomic E-state index is 13.3. The van der Waals surface area contributed by atoms with E-state index in [1.807, 2.05) is 37.3 Å². The summed E-state index contributed by atoms with van der Waals surface area (Å²) in [6, 6.07) is 14.1. The van der Waals surface area contributed by atoms with Crippen molar-refractivity contribution in [2.24, 2.45) is 0 Å². The fourth-order valence-electron chi connectivity index (χ4n) is 3.98. The Hall–Kier alpha value is -3.19. The van der Waals surface area contributed by atoms with Crippen molar-refractivity contribution in [3.8, 4) is 0 Å². The summed E-state index contributed by atoms with van der Waals surface area (Å²) in [7, 11) is 1.21. The van der Waals surface area contributed by atoms with Gasteiger partial charge < -0.3 is 4.74 Å². The van der Waals surface area contributed by atoms with Gasteiger partial charge in [0, 0.05) is 21.1 Å². The van der Waals surface area contributed by atoms with Crippen LogP contribution in [-0.4, -0.2) is 30.6 Å². The highest BCUT2D eigenvalue weighted by Crippen LogP contribution is 2.43. The SMILES string of the molecule is CCC/C(C[C@@H](C[N+](=O)[O-])c1ccccc1)=C1/C(=O)N(C(=O)OC)c2ccc(Cl)cc21. The van der Waals surface area contributed by atoms with E-state index in [-0.39, 0.29) is 11.5 Å². The summed E-state index contributed by atoms with van der Waals surface area (Å²) in [6.07, 6.45) is 0.828. The van der Waals surface area contributed by atoms with Crippen LogP contribution in [0.3, 0.4) is 0 Å². The Morgan fingerprint density at radius 1 is 1.23 bits per heavy atom. The third-order valence-electron chi connectivity index (χ3n) is 5.28. The van der Waals surface area contributed by atoms with Crippen molar-refractivity contribution in [3.63, 3.8) is 0 Å². The summed E-state index contributed by atoms with van der Waals surface area (Å²) in [4.78, 5) is 37.7. The predicted octanol–water partition coefficient (Wildman–Crippen LogP) is 5.46. The van der Waals surface area contributed by atoms with E-state index in [1.165, 1.54) is 7.11 Å². The summed E-state index contributed by atoms with van der Waals surface area (Å²) in [6.45, 7) is 1.71. The van der Waals surface area contributed by atoms with Gasteiger partial charge in [0.05, 0.1) is 18.7 Å². The molecular weight excluding hydrogens is 420 g/mol. The zero-order chi connectivity index (χ0) is 22.5. The van der Waals surface area contributed by atoms with Gasteiger partial charge in [0.25, 0.3) is 5.91 Å². The van der Waals surface area contributed by atoms with Gasteiger partial charge in [-0.3, -0.25) is 14.9 Å². The number of fused-ring (bicyclic) bond motifs is 1. The third-order valence-corrected chi connectivity index (χ3v) is 5.52. The summed E-state index contributed by atoms with van der Waals surface area (Å²) in [5.41, 5.74) is 2.90. The molecule has 0 fully saturated rings. The van der Waals surface area contributed by atoms with Crippen molar-refractivity contribution in [2.45, 2.75) is 32.1 Å². The fourth-order valence-corrected chi connectivity index (χ4v) is 4.15. The van der Waals surface area contributed by atoms with Crippen LogP contribution in [0.15, 0.2) is 54.1 Å². The Kier molecular flexibility index (Phi) is 7.07. The number of methoxy groups -OCH3 is 1. The number of halogens is 1. The molecule has 2 amide bonds. The van der Waals surface area contributed by atoms with Crippen LogP contribution in [-0.2, 0) is 9.53 Å². The Labute approximate surface area is 185 Å². The zero-order valence-electron chi connectivity index (χ0n) is 17.3. The highest BCUT2D eigenvalue weighted by molar-refractivity contribution is 6.40. The van der Waals surface area contributed by atoms with E-state index in [9.17, 15) is 19.7 Å². The second-order valence-corrected chi connectivity index (χ2v) is 7.76. The molecule has 0 radical (unpaired) electrons. The first-order chi connectivity index (χ1) is 14.9. The van der Waals surface area contributed by atoms with Gasteiger partial charge in [0.1, 0.15) is 0 Å². The number of ether oxygens (including phenoxy) is 1. The van der Waals surface area contributed by atoms with Gasteiger partial charge in [-0.15, -0.1) is 0 Å². The zero-order valence-corrected chi connectivity index (χ0v) is 18.1. The summed E-state index contributed by atoms with van der Waals surface area (Å²) >= 11 is 6.19. The van der Waals surface area contributed by atoms with Crippen LogP contribution in [0.5, 0.6) is 0 Å². The first kappa shape index (κ1) is 22.5. The lowest BCUT2D eigenvalue weighted by Gasteiger charge is -2.18. The summed E-state index contributed by atoms with van der Waals surface area (Å²) < 4.78 is 4.80. The second-order valence-electron chi connectivity index (χ2n) is 7.33. The molecule has 0 saturated heterocycles. The van der Waals surface area contributed by atoms with Crippen LogP contribution in [0.25, 0.3) is 5.57 Å². The molecule has 1 aliphatic heterocycles. The average Bonchev–Trinajstić information content (AvgIpc) is 3.03. The molecule has 2 aromatic carbocycles. The number of carbonyl (C=O) groups is 2. The molecule has 1 heterocycles. The van der Waals surface area contributed by atoms with Crippen molar-refractivity contribution >= 4 is 34.9 Å². The van der Waals surface area contributed by atoms with E-state index in [4.69, 9.17) is 16.3 Å². The molecule has 0 aliphatic carbocycles. The number of hydrogen-bond donors (Lipinski definition) is 0. The van der Waals surface area contributed by atoms with Crippen molar-refractivity contribution in [1.29, 1.82) is 0 Å². The summed E-state index contributed by atoms with van der Waals surface area (Å²) in [5, 5.41) is 11.8. The Bertz CT molecular complexity index is 1040. The van der Waals surface area contributed by atoms with Crippen molar-refractivity contribution in [2.75, 3.05) is 18.6 Å².